The monoisotopic (exact) mass is 393 g/mol. The minimum atomic E-state index is -0.599. The maximum Gasteiger partial charge on any atom is 0.276 e. The molecule has 1 amide bonds. The molecule has 2 aromatic rings. The number of benzene rings is 2. The molecule has 2 heterocycles. The summed E-state index contributed by atoms with van der Waals surface area (Å²) in [4.78, 5) is 28.2. The first-order chi connectivity index (χ1) is 13.6. The number of amidine groups is 1. The Morgan fingerprint density at radius 2 is 1.96 bits per heavy atom. The standard InChI is InChI=1S/C19H15N5O3S/c1-28-19-21-18(25)17-13-7-3-4-8-14(13)20-16(23(17)22-19)11-10-12-6-2-5-9-15(12)24(26)27/h2-11,16H,1H3,(H,21,22,25)/b11-10+/t16-/m0/s1. The highest BCUT2D eigenvalue weighted by Crippen LogP contribution is 2.23. The molecule has 0 aliphatic carbocycles. The quantitative estimate of drug-likeness (QED) is 0.628. The molecule has 8 nitrogen and oxygen atoms in total. The molecule has 9 heteroatoms. The van der Waals surface area contributed by atoms with Crippen LogP contribution < -0.4 is 15.9 Å². The van der Waals surface area contributed by atoms with Crippen molar-refractivity contribution in [2.24, 2.45) is 10.1 Å². The zero-order chi connectivity index (χ0) is 19.7. The number of hydrogen-bond donors (Lipinski definition) is 1. The van der Waals surface area contributed by atoms with Gasteiger partial charge in [-0.05, 0) is 30.5 Å². The highest BCUT2D eigenvalue weighted by atomic mass is 32.2. The van der Waals surface area contributed by atoms with E-state index in [9.17, 15) is 14.9 Å². The first kappa shape index (κ1) is 17.9. The van der Waals surface area contributed by atoms with Crippen LogP contribution in [-0.2, 0) is 4.79 Å². The Morgan fingerprint density at radius 1 is 1.21 bits per heavy atom. The largest absolute Gasteiger partial charge is 0.298 e. The minimum Gasteiger partial charge on any atom is -0.298 e. The number of fused-ring (bicyclic) bond motifs is 2. The number of amides is 1. The van der Waals surface area contributed by atoms with Crippen molar-refractivity contribution in [2.45, 2.75) is 6.17 Å². The second-order valence-corrected chi connectivity index (χ2v) is 6.79. The molecule has 0 spiro atoms. The van der Waals surface area contributed by atoms with Crippen LogP contribution in [0.25, 0.3) is 11.8 Å². The summed E-state index contributed by atoms with van der Waals surface area (Å²) in [6.45, 7) is 0. The summed E-state index contributed by atoms with van der Waals surface area (Å²) in [5.41, 5.74) is 0.864. The van der Waals surface area contributed by atoms with Crippen molar-refractivity contribution in [3.63, 3.8) is 0 Å². The number of carbonyl (C=O) groups is 1. The Bertz CT molecular complexity index is 1160. The van der Waals surface area contributed by atoms with Crippen LogP contribution in [0.15, 0.2) is 64.7 Å². The van der Waals surface area contributed by atoms with Gasteiger partial charge in [-0.15, -0.1) is 5.10 Å². The highest BCUT2D eigenvalue weighted by Gasteiger charge is 2.32. The molecule has 2 aromatic carbocycles. The van der Waals surface area contributed by atoms with E-state index in [-0.39, 0.29) is 11.6 Å². The lowest BCUT2D eigenvalue weighted by Gasteiger charge is -2.32. The zero-order valence-electron chi connectivity index (χ0n) is 14.8. The SMILES string of the molecule is CSC1=NN2C(=c3ccccc3=N[C@@H]2/C=C/c2ccccc2[N+](=O)[O-])C(=O)N1. The third-order valence-corrected chi connectivity index (χ3v) is 4.89. The Kier molecular flexibility index (Phi) is 4.66. The highest BCUT2D eigenvalue weighted by molar-refractivity contribution is 8.13. The lowest BCUT2D eigenvalue weighted by molar-refractivity contribution is -0.385. The van der Waals surface area contributed by atoms with Crippen LogP contribution in [0.3, 0.4) is 0 Å². The van der Waals surface area contributed by atoms with E-state index < -0.39 is 11.1 Å². The van der Waals surface area contributed by atoms with Crippen molar-refractivity contribution in [3.8, 4) is 0 Å². The molecule has 0 bridgehead atoms. The first-order valence-corrected chi connectivity index (χ1v) is 9.63. The summed E-state index contributed by atoms with van der Waals surface area (Å²) in [5.74, 6) is -0.259. The molecule has 0 radical (unpaired) electrons. The number of rotatable bonds is 3. The van der Waals surface area contributed by atoms with Gasteiger partial charge in [-0.1, -0.05) is 42.1 Å². The van der Waals surface area contributed by atoms with Crippen molar-refractivity contribution < 1.29 is 9.72 Å². The fourth-order valence-corrected chi connectivity index (χ4v) is 3.42. The topological polar surface area (TPSA) is 100 Å². The lowest BCUT2D eigenvalue weighted by Crippen LogP contribution is -2.52. The van der Waals surface area contributed by atoms with Crippen LogP contribution in [0, 0.1) is 10.1 Å². The number of nitrogens with one attached hydrogen (secondary N) is 1. The van der Waals surface area contributed by atoms with Gasteiger partial charge in [0.1, 0.15) is 5.70 Å². The number of carbonyl (C=O) groups excluding carboxylic acids is 1. The van der Waals surface area contributed by atoms with Crippen LogP contribution in [-0.4, -0.2) is 33.4 Å². The fourth-order valence-electron chi connectivity index (χ4n) is 3.05. The summed E-state index contributed by atoms with van der Waals surface area (Å²) >= 11 is 1.32. The molecule has 28 heavy (non-hydrogen) atoms. The summed E-state index contributed by atoms with van der Waals surface area (Å²) in [5, 5.41) is 21.9. The molecule has 0 saturated heterocycles. The Balaban J connectivity index is 1.83. The van der Waals surface area contributed by atoms with Crippen molar-refractivity contribution in [1.29, 1.82) is 0 Å². The van der Waals surface area contributed by atoms with E-state index in [1.165, 1.54) is 17.8 Å². The molecule has 0 aromatic heterocycles. The maximum absolute atomic E-state index is 12.7. The van der Waals surface area contributed by atoms with E-state index in [2.05, 4.69) is 15.4 Å². The van der Waals surface area contributed by atoms with E-state index in [4.69, 9.17) is 0 Å². The molecule has 2 aliphatic rings. The predicted molar refractivity (Wildman–Crippen MR) is 107 cm³/mol. The Labute approximate surface area is 164 Å². The fraction of sp³-hybridized carbons (Fsp3) is 0.105. The van der Waals surface area contributed by atoms with Crippen LogP contribution >= 0.6 is 11.8 Å². The van der Waals surface area contributed by atoms with Gasteiger partial charge in [-0.3, -0.25) is 25.2 Å². The Morgan fingerprint density at radius 3 is 2.75 bits per heavy atom. The second kappa shape index (κ2) is 7.28. The summed E-state index contributed by atoms with van der Waals surface area (Å²) in [6.07, 6.45) is 4.56. The molecular formula is C19H15N5O3S. The maximum atomic E-state index is 12.7. The Hall–Kier alpha value is -3.46. The predicted octanol–water partition coefficient (Wildman–Crippen LogP) is 1.44. The van der Waals surface area contributed by atoms with Crippen molar-refractivity contribution in [3.05, 3.63) is 80.9 Å². The normalized spacial score (nSPS) is 18.1. The molecule has 0 fully saturated rings. The number of hydrogen-bond acceptors (Lipinski definition) is 7. The van der Waals surface area contributed by atoms with E-state index in [0.717, 1.165) is 0 Å². The number of nitro benzene ring substituents is 1. The molecule has 2 aliphatic heterocycles. The van der Waals surface area contributed by atoms with Gasteiger partial charge in [0, 0.05) is 11.3 Å². The van der Waals surface area contributed by atoms with Crippen LogP contribution in [0.4, 0.5) is 5.69 Å². The van der Waals surface area contributed by atoms with Gasteiger partial charge in [-0.2, -0.15) is 0 Å². The average Bonchev–Trinajstić information content (AvgIpc) is 2.71. The molecular weight excluding hydrogens is 378 g/mol. The van der Waals surface area contributed by atoms with Crippen molar-refractivity contribution >= 4 is 40.3 Å². The van der Waals surface area contributed by atoms with Crippen LogP contribution in [0.1, 0.15) is 5.56 Å². The third-order valence-electron chi connectivity index (χ3n) is 4.32. The van der Waals surface area contributed by atoms with E-state index in [0.29, 0.717) is 27.0 Å². The summed E-state index contributed by atoms with van der Waals surface area (Å²) < 4.78 is 0. The first-order valence-electron chi connectivity index (χ1n) is 8.40. The van der Waals surface area contributed by atoms with Crippen molar-refractivity contribution in [2.75, 3.05) is 6.26 Å². The molecule has 1 atom stereocenters. The molecule has 1 N–H and O–H groups in total. The number of nitrogens with zero attached hydrogens (tertiary/aromatic N) is 4. The van der Waals surface area contributed by atoms with Crippen LogP contribution in [0.2, 0.25) is 0 Å². The van der Waals surface area contributed by atoms with Crippen molar-refractivity contribution in [1.82, 2.24) is 10.3 Å². The van der Waals surface area contributed by atoms with E-state index in [1.807, 2.05) is 30.5 Å². The summed E-state index contributed by atoms with van der Waals surface area (Å²) in [6, 6.07) is 13.8. The molecule has 0 saturated carbocycles. The number of para-hydroxylation sites is 2. The number of nitro groups is 1. The number of thioether (sulfide) groups is 1. The van der Waals surface area contributed by atoms with Gasteiger partial charge < -0.3 is 0 Å². The van der Waals surface area contributed by atoms with Gasteiger partial charge in [0.2, 0.25) is 0 Å². The van der Waals surface area contributed by atoms with Crippen LogP contribution in [0.5, 0.6) is 0 Å². The average molecular weight is 393 g/mol. The molecule has 0 unspecified atom stereocenters. The third kappa shape index (κ3) is 3.16. The van der Waals surface area contributed by atoms with Gasteiger partial charge in [0.05, 0.1) is 15.8 Å². The second-order valence-electron chi connectivity index (χ2n) is 5.99. The van der Waals surface area contributed by atoms with E-state index >= 15 is 0 Å². The van der Waals surface area contributed by atoms with Gasteiger partial charge in [-0.25, -0.2) is 5.01 Å². The molecule has 4 rings (SSSR count). The zero-order valence-corrected chi connectivity index (χ0v) is 15.6. The van der Waals surface area contributed by atoms with Gasteiger partial charge in [0.25, 0.3) is 11.6 Å². The minimum absolute atomic E-state index is 0.00357. The van der Waals surface area contributed by atoms with Gasteiger partial charge in [0.15, 0.2) is 11.3 Å². The summed E-state index contributed by atoms with van der Waals surface area (Å²) in [7, 11) is 0. The smallest absolute Gasteiger partial charge is 0.276 e. The van der Waals surface area contributed by atoms with E-state index in [1.54, 1.807) is 35.4 Å². The lowest BCUT2D eigenvalue weighted by atomic mass is 10.1. The number of hydrazone groups is 1. The molecule has 140 valence electrons. The van der Waals surface area contributed by atoms with Gasteiger partial charge >= 0.3 is 0 Å².